The number of benzene rings is 2. The van der Waals surface area contributed by atoms with E-state index >= 15 is 0 Å². The van der Waals surface area contributed by atoms with Crippen LogP contribution in [-0.4, -0.2) is 12.3 Å². The average molecular weight is 340 g/mol. The van der Waals surface area contributed by atoms with Gasteiger partial charge in [0, 0.05) is 26.7 Å². The molecule has 112 valence electrons. The molecule has 1 atom stereocenters. The monoisotopic (exact) mass is 339 g/mol. The van der Waals surface area contributed by atoms with E-state index in [0.717, 1.165) is 34.3 Å². The van der Waals surface area contributed by atoms with Gasteiger partial charge in [0.25, 0.3) is 0 Å². The first-order valence-corrected chi connectivity index (χ1v) is 8.81. The van der Waals surface area contributed by atoms with Crippen LogP contribution in [0.4, 0.5) is 0 Å². The van der Waals surface area contributed by atoms with Gasteiger partial charge >= 0.3 is 0 Å². The second-order valence-electron chi connectivity index (χ2n) is 4.80. The Morgan fingerprint density at radius 3 is 2.62 bits per heavy atom. The highest BCUT2D eigenvalue weighted by atomic mass is 35.5. The molecule has 0 fully saturated rings. The molecule has 0 amide bonds. The summed E-state index contributed by atoms with van der Waals surface area (Å²) < 4.78 is 0. The summed E-state index contributed by atoms with van der Waals surface area (Å²) in [5.41, 5.74) is 1.15. The molecule has 1 N–H and O–H groups in total. The maximum Gasteiger partial charge on any atom is 0.0454 e. The summed E-state index contributed by atoms with van der Waals surface area (Å²) in [6.45, 7) is 3.15. The summed E-state index contributed by atoms with van der Waals surface area (Å²) >= 11 is 14.2. The highest BCUT2D eigenvalue weighted by Crippen LogP contribution is 2.29. The van der Waals surface area contributed by atoms with Gasteiger partial charge in [-0.1, -0.05) is 54.4 Å². The second-order valence-corrected chi connectivity index (χ2v) is 6.73. The number of thioether (sulfide) groups is 1. The molecule has 0 aromatic heterocycles. The molecular formula is C17H19Cl2NS. The van der Waals surface area contributed by atoms with Crippen molar-refractivity contribution in [2.45, 2.75) is 24.3 Å². The van der Waals surface area contributed by atoms with Gasteiger partial charge in [0.2, 0.25) is 0 Å². The Balaban J connectivity index is 2.08. The maximum absolute atomic E-state index is 6.33. The minimum atomic E-state index is 0.239. The molecule has 4 heteroatoms. The zero-order valence-corrected chi connectivity index (χ0v) is 14.3. The largest absolute Gasteiger partial charge is 0.309 e. The lowest BCUT2D eigenvalue weighted by molar-refractivity contribution is 0.577. The van der Waals surface area contributed by atoms with E-state index in [0.29, 0.717) is 0 Å². The number of rotatable bonds is 7. The topological polar surface area (TPSA) is 12.0 Å². The summed E-state index contributed by atoms with van der Waals surface area (Å²) in [7, 11) is 0. The summed E-state index contributed by atoms with van der Waals surface area (Å²) in [6.07, 6.45) is 1.10. The SMILES string of the molecule is CCCNC(CSc1cccc(Cl)c1)c1ccccc1Cl. The highest BCUT2D eigenvalue weighted by Gasteiger charge is 2.14. The van der Waals surface area contributed by atoms with E-state index in [4.69, 9.17) is 23.2 Å². The van der Waals surface area contributed by atoms with Crippen LogP contribution in [0.1, 0.15) is 24.9 Å². The van der Waals surface area contributed by atoms with Gasteiger partial charge in [-0.05, 0) is 42.8 Å². The third kappa shape index (κ3) is 5.23. The van der Waals surface area contributed by atoms with Gasteiger partial charge in [0.1, 0.15) is 0 Å². The van der Waals surface area contributed by atoms with Crippen molar-refractivity contribution < 1.29 is 0 Å². The van der Waals surface area contributed by atoms with Crippen molar-refractivity contribution in [3.8, 4) is 0 Å². The van der Waals surface area contributed by atoms with E-state index in [9.17, 15) is 0 Å². The molecule has 0 heterocycles. The Hall–Kier alpha value is -0.670. The lowest BCUT2D eigenvalue weighted by atomic mass is 10.1. The molecule has 0 spiro atoms. The van der Waals surface area contributed by atoms with E-state index in [1.54, 1.807) is 11.8 Å². The van der Waals surface area contributed by atoms with E-state index in [1.807, 2.05) is 36.4 Å². The summed E-state index contributed by atoms with van der Waals surface area (Å²) in [6, 6.07) is 16.2. The molecule has 0 aliphatic rings. The van der Waals surface area contributed by atoms with Crippen LogP contribution in [0.15, 0.2) is 53.4 Å². The first-order chi connectivity index (χ1) is 10.2. The molecule has 1 unspecified atom stereocenters. The minimum Gasteiger partial charge on any atom is -0.309 e. The fourth-order valence-corrected chi connectivity index (χ4v) is 3.64. The molecule has 0 aliphatic carbocycles. The van der Waals surface area contributed by atoms with Crippen molar-refractivity contribution in [1.29, 1.82) is 0 Å². The van der Waals surface area contributed by atoms with Crippen LogP contribution in [0.5, 0.6) is 0 Å². The van der Waals surface area contributed by atoms with Crippen molar-refractivity contribution in [1.82, 2.24) is 5.32 Å². The first-order valence-electron chi connectivity index (χ1n) is 7.07. The van der Waals surface area contributed by atoms with Crippen LogP contribution in [0.3, 0.4) is 0 Å². The molecule has 1 nitrogen and oxygen atoms in total. The molecule has 0 bridgehead atoms. The summed E-state index contributed by atoms with van der Waals surface area (Å²) in [4.78, 5) is 1.18. The zero-order valence-electron chi connectivity index (χ0n) is 12.0. The third-order valence-corrected chi connectivity index (χ3v) is 4.80. The predicted octanol–water partition coefficient (Wildman–Crippen LogP) is 5.83. The van der Waals surface area contributed by atoms with Gasteiger partial charge in [0.05, 0.1) is 0 Å². The number of halogens is 2. The normalized spacial score (nSPS) is 12.3. The van der Waals surface area contributed by atoms with E-state index in [1.165, 1.54) is 4.90 Å². The third-order valence-electron chi connectivity index (χ3n) is 3.13. The molecular weight excluding hydrogens is 321 g/mol. The Morgan fingerprint density at radius 2 is 1.90 bits per heavy atom. The molecule has 0 saturated heterocycles. The molecule has 2 rings (SSSR count). The Labute approximate surface area is 141 Å². The predicted molar refractivity (Wildman–Crippen MR) is 94.7 cm³/mol. The van der Waals surface area contributed by atoms with Crippen molar-refractivity contribution in [3.63, 3.8) is 0 Å². The first kappa shape index (κ1) is 16.7. The van der Waals surface area contributed by atoms with Crippen LogP contribution >= 0.6 is 35.0 Å². The zero-order chi connectivity index (χ0) is 15.1. The van der Waals surface area contributed by atoms with Crippen molar-refractivity contribution >= 4 is 35.0 Å². The smallest absolute Gasteiger partial charge is 0.0454 e. The van der Waals surface area contributed by atoms with E-state index < -0.39 is 0 Å². The fraction of sp³-hybridized carbons (Fsp3) is 0.294. The standard InChI is InChI=1S/C17H19Cl2NS/c1-2-10-20-17(15-8-3-4-9-16(15)19)12-21-14-7-5-6-13(18)11-14/h3-9,11,17,20H,2,10,12H2,1H3. The number of hydrogen-bond donors (Lipinski definition) is 1. The Bertz CT molecular complexity index is 574. The van der Waals surface area contributed by atoms with Gasteiger partial charge in [-0.15, -0.1) is 11.8 Å². The van der Waals surface area contributed by atoms with Crippen molar-refractivity contribution in [2.75, 3.05) is 12.3 Å². The fourth-order valence-electron chi connectivity index (χ4n) is 2.07. The van der Waals surface area contributed by atoms with Crippen molar-refractivity contribution in [2.24, 2.45) is 0 Å². The van der Waals surface area contributed by atoms with Crippen LogP contribution in [-0.2, 0) is 0 Å². The second kappa shape index (κ2) is 8.70. The Morgan fingerprint density at radius 1 is 1.10 bits per heavy atom. The minimum absolute atomic E-state index is 0.239. The van der Waals surface area contributed by atoms with Gasteiger partial charge in [-0.25, -0.2) is 0 Å². The molecule has 21 heavy (non-hydrogen) atoms. The highest BCUT2D eigenvalue weighted by molar-refractivity contribution is 7.99. The van der Waals surface area contributed by atoms with Gasteiger partial charge < -0.3 is 5.32 Å². The van der Waals surface area contributed by atoms with Crippen molar-refractivity contribution in [3.05, 3.63) is 64.1 Å². The molecule has 0 saturated carbocycles. The molecule has 0 radical (unpaired) electrons. The van der Waals surface area contributed by atoms with Gasteiger partial charge in [0.15, 0.2) is 0 Å². The Kier molecular flexibility index (Phi) is 6.91. The van der Waals surface area contributed by atoms with E-state index in [-0.39, 0.29) is 6.04 Å². The molecule has 2 aromatic carbocycles. The van der Waals surface area contributed by atoms with Gasteiger partial charge in [-0.2, -0.15) is 0 Å². The number of nitrogens with one attached hydrogen (secondary N) is 1. The van der Waals surface area contributed by atoms with E-state index in [2.05, 4.69) is 24.4 Å². The molecule has 2 aromatic rings. The lowest BCUT2D eigenvalue weighted by Crippen LogP contribution is -2.24. The lowest BCUT2D eigenvalue weighted by Gasteiger charge is -2.20. The van der Waals surface area contributed by atoms with Gasteiger partial charge in [-0.3, -0.25) is 0 Å². The average Bonchev–Trinajstić information content (AvgIpc) is 2.48. The van der Waals surface area contributed by atoms with Crippen LogP contribution in [0, 0.1) is 0 Å². The number of hydrogen-bond acceptors (Lipinski definition) is 2. The summed E-state index contributed by atoms with van der Waals surface area (Å²) in [5.74, 6) is 0.921. The summed E-state index contributed by atoms with van der Waals surface area (Å²) in [5, 5.41) is 5.16. The van der Waals surface area contributed by atoms with Crippen LogP contribution in [0.2, 0.25) is 10.0 Å². The maximum atomic E-state index is 6.33. The van der Waals surface area contributed by atoms with Crippen LogP contribution < -0.4 is 5.32 Å². The van der Waals surface area contributed by atoms with Crippen LogP contribution in [0.25, 0.3) is 0 Å². The molecule has 0 aliphatic heterocycles. The quantitative estimate of drug-likeness (QED) is 0.637.